The highest BCUT2D eigenvalue weighted by Crippen LogP contribution is 2.43. The first-order valence-electron chi connectivity index (χ1n) is 49.0. The first-order chi connectivity index (χ1) is 68.8. The van der Waals surface area contributed by atoms with Gasteiger partial charge in [-0.15, -0.1) is 79.4 Å². The molecule has 754 valence electrons. The van der Waals surface area contributed by atoms with Crippen molar-refractivity contribution in [2.75, 3.05) is 0 Å². The first-order valence-corrected chi connectivity index (χ1v) is 56.1. The minimum absolute atomic E-state index is 0. The summed E-state index contributed by atoms with van der Waals surface area (Å²) in [7, 11) is 0. The van der Waals surface area contributed by atoms with E-state index in [2.05, 4.69) is 51.4 Å². The number of Topliss-reactive ketones (excluding diaryl/α,β-unsaturated/α-hetero) is 7. The number of allylic oxidation sites excluding steroid dienone is 6. The van der Waals surface area contributed by atoms with E-state index in [1.54, 1.807) is 114 Å². The van der Waals surface area contributed by atoms with Crippen molar-refractivity contribution < 1.29 is 81.5 Å². The van der Waals surface area contributed by atoms with Gasteiger partial charge < -0.3 is 39.6 Å². The van der Waals surface area contributed by atoms with E-state index in [1.165, 1.54) is 27.6 Å². The van der Waals surface area contributed by atoms with Crippen molar-refractivity contribution in [2.45, 2.75) is 301 Å². The molecule has 8 aromatic heterocycles. The van der Waals surface area contributed by atoms with Gasteiger partial charge in [-0.1, -0.05) is 99.8 Å². The normalized spacial score (nSPS) is 24.0. The fourth-order valence-electron chi connectivity index (χ4n) is 21.7. The van der Waals surface area contributed by atoms with Crippen LogP contribution < -0.4 is 5.32 Å². The van der Waals surface area contributed by atoms with Gasteiger partial charge in [0.15, 0.2) is 40.5 Å². The minimum Gasteiger partial charge on any atom is -0.328 e. The molecule has 17 heterocycles. The van der Waals surface area contributed by atoms with Gasteiger partial charge in [-0.25, -0.2) is 0 Å². The Morgan fingerprint density at radius 3 is 1.00 bits per heavy atom. The summed E-state index contributed by atoms with van der Waals surface area (Å²) in [5, 5.41) is 19.9. The average molecular weight is 2100 g/mol. The highest BCUT2D eigenvalue weighted by molar-refractivity contribution is 7.13. The number of hydrogen-bond donors (Lipinski definition) is 1. The number of fused-ring (bicyclic) bond motifs is 8. The average Bonchev–Trinajstić information content (AvgIpc) is 1.57. The molecule has 16 aliphatic rings. The van der Waals surface area contributed by atoms with E-state index in [1.807, 2.05) is 80.3 Å². The molecule has 10 amide bonds. The third kappa shape index (κ3) is 22.5. The lowest BCUT2D eigenvalue weighted by atomic mass is 10.1. The summed E-state index contributed by atoms with van der Waals surface area (Å²) < 4.78 is 0. The summed E-state index contributed by atoms with van der Waals surface area (Å²) in [6.07, 6.45) is 22.9. The maximum absolute atomic E-state index is 12.4. The molecule has 7 aliphatic carbocycles. The number of carbonyl (C=O) groups is 17. The number of aryl methyl sites for hydroxylation is 1. The summed E-state index contributed by atoms with van der Waals surface area (Å²) in [5.41, 5.74) is 15.0. The molecule has 24 rings (SSSR count). The van der Waals surface area contributed by atoms with E-state index < -0.39 is 6.04 Å². The van der Waals surface area contributed by atoms with Crippen LogP contribution in [0.1, 0.15) is 333 Å². The monoisotopic (exact) mass is 2090 g/mol. The highest BCUT2D eigenvalue weighted by atomic mass is 32.1. The van der Waals surface area contributed by atoms with Crippen molar-refractivity contribution >= 4 is 190 Å². The molecule has 8 fully saturated rings. The fraction of sp³-hybridized carbons (Fsp3) is 0.427. The Labute approximate surface area is 870 Å². The van der Waals surface area contributed by atoms with Gasteiger partial charge in [-0.2, -0.15) is 11.3 Å². The predicted octanol–water partition coefficient (Wildman–Crippen LogP) is 20.9. The standard InChI is InChI=1S/C15H17NO2S.C14H13NO3S.4C14H15NO2S.C13H15NO2S.C11H10N2O2S.CH4/c1-9-4-3-5-13(14(17)6-9)16-7-11-10(2)19-8-12(11)15(16)18;1-8-3-2-4-10(11(16)7-8)15-13(17)9-5-6-19-12(9)14(15)18;1-9-3-2-4-12(13(16)5-9)15-6-10-7-18-8-11(10)14(15)17;2*1-9-3-2-4-11(12(16)7-9)15-8-13-10(14(15)17)5-6-18-13;1-9-3-2-4-11(12(16)7-9)15-8-10-5-6-18-13(10)14(15)17;15-11-5-3-1-2-4-10(11)14-8-12-9(13(14)16)6-7-17-12;1-6-4-8(10(14)12-6)13-5-9-7(11(13)15)2-3-16-9;/h8,13H,1,3-7H2,2H3;5-6,10H,1-4,7H2;7-8,12H,1-6H2;3*5-6,11H,1-4,7-8H2;6-7,10H,1-5,8H2;2-3,8H,1,4-5H2,(H,12,14);1H4/t13-;10-;12-;3*11-;10-;8-;/m00010000./s1. The van der Waals surface area contributed by atoms with Gasteiger partial charge >= 0.3 is 0 Å². The van der Waals surface area contributed by atoms with Crippen molar-refractivity contribution in [2.24, 2.45) is 0 Å². The molecule has 8 aromatic rings. The number of thiophene rings is 8. The molecule has 8 atom stereocenters. The number of hydrogen-bond acceptors (Lipinski definition) is 25. The van der Waals surface area contributed by atoms with Crippen LogP contribution >= 0.6 is 90.7 Å². The van der Waals surface area contributed by atoms with Crippen LogP contribution in [-0.4, -0.2) is 187 Å². The minimum atomic E-state index is -0.612. The number of carbonyl (C=O) groups excluding carboxylic acids is 17. The molecule has 9 aliphatic heterocycles. The van der Waals surface area contributed by atoms with Crippen molar-refractivity contribution in [3.63, 3.8) is 0 Å². The molecule has 0 bridgehead atoms. The Kier molecular flexibility index (Phi) is 33.6. The molecule has 0 radical (unpaired) electrons. The Hall–Kier alpha value is -11.6. The van der Waals surface area contributed by atoms with Crippen LogP contribution in [0.2, 0.25) is 0 Å². The molecule has 0 aromatic carbocycles. The number of nitrogens with zero attached hydrogens (tertiary/aromatic N) is 8. The maximum Gasteiger partial charge on any atom is 0.272 e. The highest BCUT2D eigenvalue weighted by Gasteiger charge is 2.48. The molecular formula is C110H119N9O17S8. The summed E-state index contributed by atoms with van der Waals surface area (Å²) in [6.45, 7) is 33.4. The topological polar surface area (TPSA) is 328 Å². The second kappa shape index (κ2) is 46.0. The van der Waals surface area contributed by atoms with Crippen LogP contribution in [0, 0.1) is 6.92 Å². The Morgan fingerprint density at radius 1 is 0.278 bits per heavy atom. The van der Waals surface area contributed by atoms with E-state index >= 15 is 0 Å². The number of imide groups is 1. The quantitative estimate of drug-likeness (QED) is 0.0839. The molecule has 0 spiro atoms. The summed E-state index contributed by atoms with van der Waals surface area (Å²) in [4.78, 5) is 227. The van der Waals surface area contributed by atoms with Gasteiger partial charge in [-0.05, 0) is 226 Å². The van der Waals surface area contributed by atoms with E-state index in [0.717, 1.165) is 248 Å². The Balaban J connectivity index is 0.000000118. The molecule has 1 N–H and O–H groups in total. The number of amides is 10. The van der Waals surface area contributed by atoms with Crippen LogP contribution in [0.4, 0.5) is 0 Å². The Morgan fingerprint density at radius 2 is 0.611 bits per heavy atom. The summed E-state index contributed by atoms with van der Waals surface area (Å²) >= 11 is 12.3. The van der Waals surface area contributed by atoms with Crippen LogP contribution in [0.25, 0.3) is 0 Å². The van der Waals surface area contributed by atoms with E-state index in [9.17, 15) is 81.5 Å². The molecule has 0 unspecified atom stereocenters. The van der Waals surface area contributed by atoms with Gasteiger partial charge in [0, 0.05) is 112 Å². The predicted molar refractivity (Wildman–Crippen MR) is 562 cm³/mol. The lowest BCUT2D eigenvalue weighted by molar-refractivity contribution is -0.124. The van der Waals surface area contributed by atoms with Crippen molar-refractivity contribution in [1.82, 2.24) is 44.5 Å². The van der Waals surface area contributed by atoms with Crippen LogP contribution in [-0.2, 0) is 84.2 Å². The number of rotatable bonds is 8. The van der Waals surface area contributed by atoms with Gasteiger partial charge in [-0.3, -0.25) is 86.4 Å². The molecule has 26 nitrogen and oxygen atoms in total. The van der Waals surface area contributed by atoms with E-state index in [0.29, 0.717) is 113 Å². The largest absolute Gasteiger partial charge is 0.328 e. The van der Waals surface area contributed by atoms with Gasteiger partial charge in [0.05, 0.1) is 112 Å². The molecule has 7 saturated carbocycles. The summed E-state index contributed by atoms with van der Waals surface area (Å²) in [5.74, 6) is 0.354. The van der Waals surface area contributed by atoms with Gasteiger partial charge in [0.25, 0.3) is 53.2 Å². The van der Waals surface area contributed by atoms with Crippen LogP contribution in [0.15, 0.2) is 170 Å². The van der Waals surface area contributed by atoms with Crippen LogP contribution in [0.5, 0.6) is 0 Å². The lowest BCUT2D eigenvalue weighted by Gasteiger charge is -2.25. The second-order valence-electron chi connectivity index (χ2n) is 39.2. The van der Waals surface area contributed by atoms with Crippen LogP contribution in [0.3, 0.4) is 0 Å². The molecule has 1 saturated heterocycles. The number of ketones is 7. The third-order valence-corrected chi connectivity index (χ3v) is 36.6. The van der Waals surface area contributed by atoms with E-state index in [-0.39, 0.29) is 156 Å². The van der Waals surface area contributed by atoms with Gasteiger partial charge in [0.2, 0.25) is 5.91 Å². The lowest BCUT2D eigenvalue weighted by Crippen LogP contribution is -2.44. The van der Waals surface area contributed by atoms with E-state index in [4.69, 9.17) is 0 Å². The smallest absolute Gasteiger partial charge is 0.272 e. The van der Waals surface area contributed by atoms with Gasteiger partial charge in [0.1, 0.15) is 10.9 Å². The third-order valence-electron chi connectivity index (χ3n) is 29.4. The Bertz CT molecular complexity index is 6170. The maximum atomic E-state index is 12.4. The van der Waals surface area contributed by atoms with Crippen molar-refractivity contribution in [3.8, 4) is 0 Å². The zero-order valence-corrected chi connectivity index (χ0v) is 86.7. The zero-order valence-electron chi connectivity index (χ0n) is 80.2. The fourth-order valence-corrected chi connectivity index (χ4v) is 28.5. The second-order valence-corrected chi connectivity index (χ2v) is 46.8. The van der Waals surface area contributed by atoms with Crippen molar-refractivity contribution in [1.29, 1.82) is 0 Å². The molecule has 34 heteroatoms. The van der Waals surface area contributed by atoms with Crippen molar-refractivity contribution in [3.05, 3.63) is 260 Å². The molecular weight excluding hydrogens is 1980 g/mol. The molecule has 144 heavy (non-hydrogen) atoms. The summed E-state index contributed by atoms with van der Waals surface area (Å²) in [6, 6.07) is 8.71. The first kappa shape index (κ1) is 105. The number of nitrogens with one attached hydrogen (secondary N) is 1. The SMILES string of the molecule is C.C=C1CCC[C@@H](N2Cc3sccc3C2=O)C(=O)C1.C=C1CCC[C@H](N2C(=O)c3ccsc3C2=O)C(=O)C1.C=C1CCC[C@H](N2Cc3c(csc3C)C2=O)C(=O)C1.C=C1CCC[C@H](N2Cc3ccsc3C2=O)C(=O)C1.C=C1CCC[C@H](N2Cc3cscc3C2=O)C(=O)C1.C=C1CCC[C@H](N2Cc3sccc3C2=O)C(=O)C1.C=C1C[C@H](N2Cc3sccc3C2=O)C(=O)N1.O=C1CCCCC[C@@H]1N1Cc2sccc2C1=O. The zero-order chi connectivity index (χ0) is 101.